The second-order valence-corrected chi connectivity index (χ2v) is 6.58. The maximum atomic E-state index is 13.7. The molecule has 0 aromatic carbocycles. The molecule has 1 fully saturated rings. The highest BCUT2D eigenvalue weighted by Crippen LogP contribution is 2.19. The van der Waals surface area contributed by atoms with Gasteiger partial charge in [0.05, 0.1) is 6.20 Å². The normalized spacial score (nSPS) is 19.0. The summed E-state index contributed by atoms with van der Waals surface area (Å²) in [6.45, 7) is 6.52. The van der Waals surface area contributed by atoms with Gasteiger partial charge in [0.1, 0.15) is 5.60 Å². The van der Waals surface area contributed by atoms with E-state index < -0.39 is 11.4 Å². The second-order valence-electron chi connectivity index (χ2n) is 6.25. The van der Waals surface area contributed by atoms with E-state index in [0.717, 1.165) is 19.0 Å². The van der Waals surface area contributed by atoms with Crippen LogP contribution in [0.4, 0.5) is 15.0 Å². The van der Waals surface area contributed by atoms with E-state index in [0.29, 0.717) is 13.1 Å². The zero-order valence-electron chi connectivity index (χ0n) is 12.9. The SMILES string of the molecule is CC(C)(C)OC(=O)N1CCC[C@@H](Nc2nc(Cl)ncc2F)C1. The molecule has 0 unspecified atom stereocenters. The topological polar surface area (TPSA) is 67.3 Å². The molecule has 2 heterocycles. The van der Waals surface area contributed by atoms with E-state index in [2.05, 4.69) is 15.3 Å². The van der Waals surface area contributed by atoms with Crippen molar-refractivity contribution < 1.29 is 13.9 Å². The smallest absolute Gasteiger partial charge is 0.410 e. The third-order valence-electron chi connectivity index (χ3n) is 3.13. The van der Waals surface area contributed by atoms with Crippen LogP contribution in [0.2, 0.25) is 5.28 Å². The quantitative estimate of drug-likeness (QED) is 0.844. The number of aromatic nitrogens is 2. The number of carbonyl (C=O) groups is 1. The summed E-state index contributed by atoms with van der Waals surface area (Å²) in [5, 5.41) is 2.95. The predicted octanol–water partition coefficient (Wildman–Crippen LogP) is 3.08. The number of anilines is 1. The Morgan fingerprint density at radius 1 is 1.55 bits per heavy atom. The van der Waals surface area contributed by atoms with Crippen LogP contribution in [0.1, 0.15) is 33.6 Å². The summed E-state index contributed by atoms with van der Waals surface area (Å²) in [5.41, 5.74) is -0.538. The lowest BCUT2D eigenvalue weighted by Gasteiger charge is -2.34. The molecular weight excluding hydrogens is 311 g/mol. The largest absolute Gasteiger partial charge is 0.444 e. The first-order valence-electron chi connectivity index (χ1n) is 7.17. The molecule has 1 aromatic rings. The van der Waals surface area contributed by atoms with Crippen molar-refractivity contribution in [2.45, 2.75) is 45.3 Å². The molecule has 0 radical (unpaired) electrons. The van der Waals surface area contributed by atoms with E-state index in [9.17, 15) is 9.18 Å². The first kappa shape index (κ1) is 16.7. The van der Waals surface area contributed by atoms with Crippen LogP contribution < -0.4 is 5.32 Å². The average Bonchev–Trinajstić information content (AvgIpc) is 2.41. The summed E-state index contributed by atoms with van der Waals surface area (Å²) in [5.74, 6) is -0.519. The lowest BCUT2D eigenvalue weighted by Crippen LogP contribution is -2.47. The maximum absolute atomic E-state index is 13.7. The van der Waals surface area contributed by atoms with E-state index in [-0.39, 0.29) is 23.2 Å². The molecule has 0 bridgehead atoms. The molecule has 1 N–H and O–H groups in total. The van der Waals surface area contributed by atoms with E-state index in [1.165, 1.54) is 0 Å². The number of hydrogen-bond acceptors (Lipinski definition) is 5. The van der Waals surface area contributed by atoms with Gasteiger partial charge in [-0.3, -0.25) is 0 Å². The monoisotopic (exact) mass is 330 g/mol. The number of nitrogens with one attached hydrogen (secondary N) is 1. The fraction of sp³-hybridized carbons (Fsp3) is 0.643. The Hall–Kier alpha value is -1.63. The molecule has 1 saturated heterocycles. The van der Waals surface area contributed by atoms with E-state index in [4.69, 9.17) is 16.3 Å². The molecule has 122 valence electrons. The van der Waals surface area contributed by atoms with Gasteiger partial charge in [-0.15, -0.1) is 0 Å². The molecule has 1 aliphatic heterocycles. The van der Waals surface area contributed by atoms with Crippen molar-refractivity contribution >= 4 is 23.5 Å². The minimum absolute atomic E-state index is 0.0243. The van der Waals surface area contributed by atoms with Crippen LogP contribution in [0.25, 0.3) is 0 Å². The number of rotatable bonds is 2. The molecule has 1 amide bonds. The van der Waals surface area contributed by atoms with Gasteiger partial charge in [0, 0.05) is 19.1 Å². The van der Waals surface area contributed by atoms with E-state index in [1.54, 1.807) is 4.90 Å². The number of piperidine rings is 1. The van der Waals surface area contributed by atoms with Gasteiger partial charge in [-0.2, -0.15) is 4.98 Å². The Morgan fingerprint density at radius 2 is 2.27 bits per heavy atom. The fourth-order valence-electron chi connectivity index (χ4n) is 2.23. The summed E-state index contributed by atoms with van der Waals surface area (Å²) < 4.78 is 19.0. The number of halogens is 2. The van der Waals surface area contributed by atoms with E-state index >= 15 is 0 Å². The summed E-state index contributed by atoms with van der Waals surface area (Å²) in [6.07, 6.45) is 2.27. The van der Waals surface area contributed by atoms with E-state index in [1.807, 2.05) is 20.8 Å². The summed E-state index contributed by atoms with van der Waals surface area (Å²) in [6, 6.07) is -0.110. The zero-order valence-corrected chi connectivity index (χ0v) is 13.7. The van der Waals surface area contributed by atoms with Gasteiger partial charge in [-0.25, -0.2) is 14.2 Å². The van der Waals surface area contributed by atoms with Gasteiger partial charge in [-0.05, 0) is 45.2 Å². The highest BCUT2D eigenvalue weighted by Gasteiger charge is 2.28. The van der Waals surface area contributed by atoms with Crippen LogP contribution in [-0.2, 0) is 4.74 Å². The highest BCUT2D eigenvalue weighted by molar-refractivity contribution is 6.28. The first-order chi connectivity index (χ1) is 10.2. The lowest BCUT2D eigenvalue weighted by atomic mass is 10.1. The van der Waals surface area contributed by atoms with Crippen molar-refractivity contribution in [3.63, 3.8) is 0 Å². The number of likely N-dealkylation sites (tertiary alicyclic amines) is 1. The van der Waals surface area contributed by atoms with Crippen molar-refractivity contribution in [1.29, 1.82) is 0 Å². The Morgan fingerprint density at radius 3 is 2.95 bits per heavy atom. The average molecular weight is 331 g/mol. The van der Waals surface area contributed by atoms with Crippen molar-refractivity contribution in [1.82, 2.24) is 14.9 Å². The van der Waals surface area contributed by atoms with Crippen LogP contribution >= 0.6 is 11.6 Å². The van der Waals surface area contributed by atoms with Gasteiger partial charge in [0.2, 0.25) is 5.28 Å². The van der Waals surface area contributed by atoms with Crippen LogP contribution in [0, 0.1) is 5.82 Å². The summed E-state index contributed by atoms with van der Waals surface area (Å²) in [7, 11) is 0. The molecule has 0 saturated carbocycles. The van der Waals surface area contributed by atoms with Gasteiger partial charge in [-0.1, -0.05) is 0 Å². The molecule has 2 rings (SSSR count). The Kier molecular flexibility index (Phi) is 5.05. The molecule has 1 aliphatic rings. The van der Waals surface area contributed by atoms with Crippen LogP contribution in [0.15, 0.2) is 6.20 Å². The van der Waals surface area contributed by atoms with Crippen molar-refractivity contribution in [3.8, 4) is 0 Å². The molecule has 0 aliphatic carbocycles. The van der Waals surface area contributed by atoms with Gasteiger partial charge < -0.3 is 15.0 Å². The first-order valence-corrected chi connectivity index (χ1v) is 7.55. The Bertz CT molecular complexity index is 550. The molecule has 22 heavy (non-hydrogen) atoms. The second kappa shape index (κ2) is 6.64. The van der Waals surface area contributed by atoms with Crippen molar-refractivity contribution in [2.75, 3.05) is 18.4 Å². The van der Waals surface area contributed by atoms with Gasteiger partial charge >= 0.3 is 6.09 Å². The minimum Gasteiger partial charge on any atom is -0.444 e. The molecule has 8 heteroatoms. The van der Waals surface area contributed by atoms with Crippen LogP contribution in [0.5, 0.6) is 0 Å². The van der Waals surface area contributed by atoms with Crippen molar-refractivity contribution in [3.05, 3.63) is 17.3 Å². The fourth-order valence-corrected chi connectivity index (χ4v) is 2.36. The number of hydrogen-bond donors (Lipinski definition) is 1. The third-order valence-corrected chi connectivity index (χ3v) is 3.31. The number of ether oxygens (including phenoxy) is 1. The predicted molar refractivity (Wildman–Crippen MR) is 81.5 cm³/mol. The van der Waals surface area contributed by atoms with Gasteiger partial charge in [0.25, 0.3) is 0 Å². The third kappa shape index (κ3) is 4.69. The number of nitrogens with zero attached hydrogens (tertiary/aromatic N) is 3. The molecular formula is C14H20ClFN4O2. The Labute approximate surface area is 134 Å². The zero-order chi connectivity index (χ0) is 16.3. The molecule has 6 nitrogen and oxygen atoms in total. The van der Waals surface area contributed by atoms with Crippen LogP contribution in [0.3, 0.4) is 0 Å². The number of carbonyl (C=O) groups excluding carboxylic acids is 1. The summed E-state index contributed by atoms with van der Waals surface area (Å²) >= 11 is 5.67. The van der Waals surface area contributed by atoms with Crippen LogP contribution in [-0.4, -0.2) is 45.7 Å². The Balaban J connectivity index is 1.98. The van der Waals surface area contributed by atoms with Crippen molar-refractivity contribution in [2.24, 2.45) is 0 Å². The highest BCUT2D eigenvalue weighted by atomic mass is 35.5. The number of amides is 1. The standard InChI is InChI=1S/C14H20ClFN4O2/c1-14(2,3)22-13(21)20-6-4-5-9(8-20)18-11-10(16)7-17-12(15)19-11/h7,9H,4-6,8H2,1-3H3,(H,17,18,19)/t9-/m1/s1. The molecule has 1 aromatic heterocycles. The molecule has 0 spiro atoms. The van der Waals surface area contributed by atoms with Gasteiger partial charge in [0.15, 0.2) is 11.6 Å². The molecule has 1 atom stereocenters. The maximum Gasteiger partial charge on any atom is 0.410 e. The summed E-state index contributed by atoms with van der Waals surface area (Å²) in [4.78, 5) is 21.1. The lowest BCUT2D eigenvalue weighted by molar-refractivity contribution is 0.0206. The minimum atomic E-state index is -0.571.